The normalized spacial score (nSPS) is 29.0. The molecule has 2 nitrogen and oxygen atoms in total. The Morgan fingerprint density at radius 3 is 2.71 bits per heavy atom. The lowest BCUT2D eigenvalue weighted by atomic mass is 9.82. The molecule has 2 fully saturated rings. The highest BCUT2D eigenvalue weighted by molar-refractivity contribution is 6.29. The summed E-state index contributed by atoms with van der Waals surface area (Å²) < 4.78 is 0. The van der Waals surface area contributed by atoms with Crippen molar-refractivity contribution in [3.63, 3.8) is 0 Å². The monoisotopic (exact) mass is 250 g/mol. The van der Waals surface area contributed by atoms with Crippen molar-refractivity contribution in [2.45, 2.75) is 44.6 Å². The lowest BCUT2D eigenvalue weighted by molar-refractivity contribution is 0.303. The van der Waals surface area contributed by atoms with Gasteiger partial charge in [-0.3, -0.25) is 0 Å². The number of rotatable bonds is 3. The maximum absolute atomic E-state index is 5.79. The van der Waals surface area contributed by atoms with E-state index in [1.165, 1.54) is 38.5 Å². The zero-order chi connectivity index (χ0) is 11.7. The highest BCUT2D eigenvalue weighted by Crippen LogP contribution is 2.44. The molecule has 0 aliphatic heterocycles. The van der Waals surface area contributed by atoms with Crippen molar-refractivity contribution in [2.75, 3.05) is 5.32 Å². The molecule has 0 saturated heterocycles. The van der Waals surface area contributed by atoms with E-state index in [0.29, 0.717) is 11.2 Å². The molecule has 1 aromatic heterocycles. The molecule has 2 unspecified atom stereocenters. The van der Waals surface area contributed by atoms with Gasteiger partial charge in [0.15, 0.2) is 0 Å². The van der Waals surface area contributed by atoms with Crippen molar-refractivity contribution in [1.29, 1.82) is 0 Å². The molecule has 1 aromatic rings. The number of hydrogen-bond acceptors (Lipinski definition) is 2. The molecule has 92 valence electrons. The zero-order valence-corrected chi connectivity index (χ0v) is 10.8. The minimum atomic E-state index is 0.565. The molecule has 17 heavy (non-hydrogen) atoms. The number of aromatic nitrogens is 1. The Bertz CT molecular complexity index is 372. The third kappa shape index (κ3) is 2.92. The van der Waals surface area contributed by atoms with Gasteiger partial charge in [0.1, 0.15) is 5.15 Å². The largest absolute Gasteiger partial charge is 0.381 e. The molecule has 2 saturated carbocycles. The van der Waals surface area contributed by atoms with Crippen LogP contribution < -0.4 is 5.32 Å². The maximum atomic E-state index is 5.79. The molecule has 1 N–H and O–H groups in total. The van der Waals surface area contributed by atoms with E-state index < -0.39 is 0 Å². The third-order valence-corrected chi connectivity index (χ3v) is 4.33. The Balaban J connectivity index is 1.58. The zero-order valence-electron chi connectivity index (χ0n) is 10.0. The number of anilines is 1. The molecule has 3 heteroatoms. The molecule has 2 atom stereocenters. The predicted molar refractivity (Wildman–Crippen MR) is 71.3 cm³/mol. The fourth-order valence-corrected chi connectivity index (χ4v) is 3.16. The fraction of sp³-hybridized carbons (Fsp3) is 0.643. The van der Waals surface area contributed by atoms with E-state index >= 15 is 0 Å². The van der Waals surface area contributed by atoms with E-state index in [2.05, 4.69) is 10.3 Å². The first-order chi connectivity index (χ1) is 8.31. The smallest absolute Gasteiger partial charge is 0.129 e. The summed E-state index contributed by atoms with van der Waals surface area (Å²) in [5, 5.41) is 4.16. The van der Waals surface area contributed by atoms with Gasteiger partial charge >= 0.3 is 0 Å². The lowest BCUT2D eigenvalue weighted by Gasteiger charge is -2.30. The van der Waals surface area contributed by atoms with E-state index in [1.54, 1.807) is 0 Å². The number of nitrogens with zero attached hydrogens (tertiary/aromatic N) is 1. The molecular formula is C14H19ClN2. The Labute approximate surface area is 108 Å². The fourth-order valence-electron chi connectivity index (χ4n) is 3.05. The number of pyridine rings is 1. The second kappa shape index (κ2) is 4.85. The first-order valence-corrected chi connectivity index (χ1v) is 7.07. The first kappa shape index (κ1) is 11.3. The second-order valence-electron chi connectivity index (χ2n) is 5.47. The van der Waals surface area contributed by atoms with E-state index in [4.69, 9.17) is 11.6 Å². The van der Waals surface area contributed by atoms with Crippen molar-refractivity contribution in [3.8, 4) is 0 Å². The summed E-state index contributed by atoms with van der Waals surface area (Å²) in [5.41, 5.74) is 1.11. The summed E-state index contributed by atoms with van der Waals surface area (Å²) >= 11 is 5.79. The average molecular weight is 251 g/mol. The second-order valence-corrected chi connectivity index (χ2v) is 5.86. The van der Waals surface area contributed by atoms with Gasteiger partial charge in [0.25, 0.3) is 0 Å². The summed E-state index contributed by atoms with van der Waals surface area (Å²) in [4.78, 5) is 4.11. The Kier molecular flexibility index (Phi) is 3.24. The van der Waals surface area contributed by atoms with Gasteiger partial charge in [-0.05, 0) is 49.7 Å². The van der Waals surface area contributed by atoms with Crippen molar-refractivity contribution in [1.82, 2.24) is 4.98 Å². The summed E-state index contributed by atoms with van der Waals surface area (Å²) in [7, 11) is 0. The predicted octanol–water partition coefficient (Wildman–Crippen LogP) is 4.12. The van der Waals surface area contributed by atoms with Crippen LogP contribution in [-0.4, -0.2) is 11.0 Å². The Hall–Kier alpha value is -0.760. The van der Waals surface area contributed by atoms with Crippen LogP contribution in [0.15, 0.2) is 18.3 Å². The van der Waals surface area contributed by atoms with Crippen LogP contribution in [0, 0.1) is 11.8 Å². The van der Waals surface area contributed by atoms with Crippen LogP contribution in [0.2, 0.25) is 5.15 Å². The molecule has 2 aliphatic carbocycles. The van der Waals surface area contributed by atoms with Gasteiger partial charge in [-0.1, -0.05) is 24.4 Å². The van der Waals surface area contributed by atoms with Gasteiger partial charge in [0.05, 0.1) is 11.9 Å². The molecular weight excluding hydrogens is 232 g/mol. The topological polar surface area (TPSA) is 24.9 Å². The van der Waals surface area contributed by atoms with Crippen LogP contribution in [-0.2, 0) is 0 Å². The maximum Gasteiger partial charge on any atom is 0.129 e. The van der Waals surface area contributed by atoms with Crippen molar-refractivity contribution in [3.05, 3.63) is 23.5 Å². The molecule has 0 radical (unpaired) electrons. The van der Waals surface area contributed by atoms with Gasteiger partial charge in [0.2, 0.25) is 0 Å². The quantitative estimate of drug-likeness (QED) is 0.817. The van der Waals surface area contributed by atoms with Crippen LogP contribution in [0.1, 0.15) is 38.5 Å². The summed E-state index contributed by atoms with van der Waals surface area (Å²) in [5.74, 6) is 2.02. The summed E-state index contributed by atoms with van der Waals surface area (Å²) in [6, 6.07) is 4.51. The van der Waals surface area contributed by atoms with Crippen LogP contribution in [0.3, 0.4) is 0 Å². The molecule has 2 aliphatic rings. The van der Waals surface area contributed by atoms with E-state index in [-0.39, 0.29) is 0 Å². The van der Waals surface area contributed by atoms with Gasteiger partial charge in [-0.2, -0.15) is 0 Å². The van der Waals surface area contributed by atoms with E-state index in [0.717, 1.165) is 17.5 Å². The molecule has 0 bridgehead atoms. The molecule has 1 heterocycles. The average Bonchev–Trinajstić information content (AvgIpc) is 3.17. The lowest BCUT2D eigenvalue weighted by Crippen LogP contribution is -2.28. The number of halogens is 1. The van der Waals surface area contributed by atoms with Gasteiger partial charge in [-0.25, -0.2) is 4.98 Å². The van der Waals surface area contributed by atoms with Crippen LogP contribution in [0.25, 0.3) is 0 Å². The molecule has 0 spiro atoms. The van der Waals surface area contributed by atoms with Crippen molar-refractivity contribution in [2.24, 2.45) is 11.8 Å². The van der Waals surface area contributed by atoms with Gasteiger partial charge in [-0.15, -0.1) is 0 Å². The molecule has 0 aromatic carbocycles. The van der Waals surface area contributed by atoms with Crippen molar-refractivity contribution < 1.29 is 0 Å². The SMILES string of the molecule is Clc1ccc(NC2CCCC(C3CC3)C2)cn1. The molecule has 3 rings (SSSR count). The minimum Gasteiger partial charge on any atom is -0.381 e. The van der Waals surface area contributed by atoms with Gasteiger partial charge in [0, 0.05) is 6.04 Å². The highest BCUT2D eigenvalue weighted by Gasteiger charge is 2.34. The van der Waals surface area contributed by atoms with Gasteiger partial charge < -0.3 is 5.32 Å². The Morgan fingerprint density at radius 2 is 2.00 bits per heavy atom. The summed E-state index contributed by atoms with van der Waals surface area (Å²) in [6.07, 6.45) is 10.2. The first-order valence-electron chi connectivity index (χ1n) is 6.69. The minimum absolute atomic E-state index is 0.565. The highest BCUT2D eigenvalue weighted by atomic mass is 35.5. The van der Waals surface area contributed by atoms with E-state index in [1.807, 2.05) is 18.3 Å². The van der Waals surface area contributed by atoms with Crippen molar-refractivity contribution >= 4 is 17.3 Å². The molecule has 0 amide bonds. The number of nitrogens with one attached hydrogen (secondary N) is 1. The number of hydrogen-bond donors (Lipinski definition) is 1. The summed E-state index contributed by atoms with van der Waals surface area (Å²) in [6.45, 7) is 0. The Morgan fingerprint density at radius 1 is 1.12 bits per heavy atom. The van der Waals surface area contributed by atoms with E-state index in [9.17, 15) is 0 Å². The third-order valence-electron chi connectivity index (χ3n) is 4.10. The van der Waals surface area contributed by atoms with Crippen LogP contribution in [0.5, 0.6) is 0 Å². The van der Waals surface area contributed by atoms with Crippen LogP contribution >= 0.6 is 11.6 Å². The standard InChI is InChI=1S/C14H19ClN2/c15-14-7-6-13(9-16-14)17-12-3-1-2-11(8-12)10-4-5-10/h6-7,9-12,17H,1-5,8H2. The van der Waals surface area contributed by atoms with Crippen LogP contribution in [0.4, 0.5) is 5.69 Å².